The number of carbonyl (C=O) groups excluding carboxylic acids is 1. The monoisotopic (exact) mass is 527 g/mol. The minimum atomic E-state index is -3.86. The van der Waals surface area contributed by atoms with Crippen molar-refractivity contribution in [2.75, 3.05) is 15.8 Å². The lowest BCUT2D eigenvalue weighted by Crippen LogP contribution is -2.16. The van der Waals surface area contributed by atoms with E-state index in [1.54, 1.807) is 6.07 Å². The van der Waals surface area contributed by atoms with E-state index in [0.717, 1.165) is 33.3 Å². The van der Waals surface area contributed by atoms with Crippen molar-refractivity contribution in [2.24, 2.45) is 0 Å². The molecular formula is C25H17N7O3S2. The fraction of sp³-hybridized carbons (Fsp3) is 0.0400. The van der Waals surface area contributed by atoms with Crippen LogP contribution in [-0.2, 0) is 14.8 Å². The van der Waals surface area contributed by atoms with Gasteiger partial charge in [-0.15, -0.1) is 10.2 Å². The highest BCUT2D eigenvalue weighted by Gasteiger charge is 2.25. The van der Waals surface area contributed by atoms with Crippen LogP contribution in [-0.4, -0.2) is 45.2 Å². The van der Waals surface area contributed by atoms with E-state index in [2.05, 4.69) is 47.3 Å². The molecule has 3 aromatic carbocycles. The Morgan fingerprint density at radius 1 is 0.838 bits per heavy atom. The third-order valence-electron chi connectivity index (χ3n) is 5.65. The number of nitrogens with zero attached hydrogens (tertiary/aromatic N) is 5. The summed E-state index contributed by atoms with van der Waals surface area (Å²) in [5.74, 6) is -0.253. The highest BCUT2D eigenvalue weighted by atomic mass is 32.2. The smallest absolute Gasteiger partial charge is 0.264 e. The molecule has 0 atom stereocenters. The van der Waals surface area contributed by atoms with Gasteiger partial charge in [0.05, 0.1) is 10.6 Å². The molecule has 2 heterocycles. The lowest BCUT2D eigenvalue weighted by molar-refractivity contribution is -0.113. The maximum atomic E-state index is 12.5. The number of nitrogens with one attached hydrogen (secondary N) is 2. The fourth-order valence-electron chi connectivity index (χ4n) is 4.05. The third kappa shape index (κ3) is 4.47. The van der Waals surface area contributed by atoms with Gasteiger partial charge < -0.3 is 5.32 Å². The van der Waals surface area contributed by atoms with E-state index in [4.69, 9.17) is 0 Å². The molecule has 0 fully saturated rings. The summed E-state index contributed by atoms with van der Waals surface area (Å²) >= 11 is 1.17. The first kappa shape index (κ1) is 23.0. The Balaban J connectivity index is 1.11. The highest BCUT2D eigenvalue weighted by Crippen LogP contribution is 2.44. The van der Waals surface area contributed by atoms with Crippen molar-refractivity contribution >= 4 is 50.1 Å². The normalized spacial score (nSPS) is 11.8. The number of anilines is 2. The molecule has 6 rings (SSSR count). The van der Waals surface area contributed by atoms with Crippen LogP contribution in [0.2, 0.25) is 0 Å². The van der Waals surface area contributed by atoms with E-state index in [-0.39, 0.29) is 22.5 Å². The first-order valence-electron chi connectivity index (χ1n) is 11.1. The third-order valence-corrected chi connectivity index (χ3v) is 7.84. The molecule has 37 heavy (non-hydrogen) atoms. The minimum absolute atomic E-state index is 0.0148. The highest BCUT2D eigenvalue weighted by molar-refractivity contribution is 7.99. The van der Waals surface area contributed by atoms with Gasteiger partial charge in [0, 0.05) is 34.6 Å². The molecule has 0 saturated carbocycles. The zero-order valence-corrected chi connectivity index (χ0v) is 20.6. The Labute approximate surface area is 215 Å². The van der Waals surface area contributed by atoms with Crippen molar-refractivity contribution in [3.05, 3.63) is 79.1 Å². The van der Waals surface area contributed by atoms with Gasteiger partial charge in [-0.3, -0.25) is 4.79 Å². The zero-order chi connectivity index (χ0) is 25.4. The van der Waals surface area contributed by atoms with Crippen molar-refractivity contribution in [3.63, 3.8) is 0 Å². The molecule has 0 spiro atoms. The van der Waals surface area contributed by atoms with Crippen LogP contribution < -0.4 is 10.0 Å². The van der Waals surface area contributed by atoms with Crippen molar-refractivity contribution < 1.29 is 13.2 Å². The summed E-state index contributed by atoms with van der Waals surface area (Å²) < 4.78 is 27.3. The van der Waals surface area contributed by atoms with Crippen LogP contribution in [0.3, 0.4) is 0 Å². The number of rotatable bonds is 7. The van der Waals surface area contributed by atoms with Crippen LogP contribution in [0.5, 0.6) is 0 Å². The van der Waals surface area contributed by atoms with Crippen molar-refractivity contribution in [3.8, 4) is 22.5 Å². The Kier molecular flexibility index (Phi) is 5.74. The minimum Gasteiger partial charge on any atom is -0.325 e. The van der Waals surface area contributed by atoms with Gasteiger partial charge in [-0.1, -0.05) is 48.2 Å². The molecule has 2 aromatic heterocycles. The van der Waals surface area contributed by atoms with Crippen LogP contribution in [0, 0.1) is 0 Å². The van der Waals surface area contributed by atoms with Gasteiger partial charge in [-0.2, -0.15) is 0 Å². The topological polar surface area (TPSA) is 140 Å². The Hall–Kier alpha value is -4.42. The summed E-state index contributed by atoms with van der Waals surface area (Å²) in [6.45, 7) is 0. The molecule has 1 aliphatic rings. The second-order valence-electron chi connectivity index (χ2n) is 8.04. The summed E-state index contributed by atoms with van der Waals surface area (Å²) in [6.07, 6.45) is 2.87. The van der Waals surface area contributed by atoms with E-state index in [1.165, 1.54) is 48.4 Å². The molecule has 1 amide bonds. The number of benzene rings is 3. The van der Waals surface area contributed by atoms with Gasteiger partial charge >= 0.3 is 0 Å². The molecule has 0 aliphatic heterocycles. The fourth-order valence-corrected chi connectivity index (χ4v) is 5.60. The molecule has 1 aliphatic carbocycles. The van der Waals surface area contributed by atoms with Gasteiger partial charge in [0.15, 0.2) is 0 Å². The predicted octanol–water partition coefficient (Wildman–Crippen LogP) is 3.99. The summed E-state index contributed by atoms with van der Waals surface area (Å²) in [6, 6.07) is 19.5. The van der Waals surface area contributed by atoms with Crippen molar-refractivity contribution in [1.29, 1.82) is 0 Å². The molecule has 10 nitrogen and oxygen atoms in total. The van der Waals surface area contributed by atoms with Crippen LogP contribution in [0.4, 0.5) is 11.6 Å². The summed E-state index contributed by atoms with van der Waals surface area (Å²) in [7, 11) is -3.86. The van der Waals surface area contributed by atoms with E-state index in [1.807, 2.05) is 24.3 Å². The van der Waals surface area contributed by atoms with Gasteiger partial charge in [-0.05, 0) is 35.7 Å². The van der Waals surface area contributed by atoms with E-state index in [0.29, 0.717) is 10.8 Å². The molecular weight excluding hydrogens is 510 g/mol. The number of amides is 1. The molecule has 12 heteroatoms. The molecule has 0 saturated heterocycles. The summed E-state index contributed by atoms with van der Waals surface area (Å²) in [5.41, 5.74) is 3.97. The van der Waals surface area contributed by atoms with Crippen LogP contribution >= 0.6 is 11.8 Å². The lowest BCUT2D eigenvalue weighted by Gasteiger charge is -2.08. The number of aromatic nitrogens is 5. The maximum Gasteiger partial charge on any atom is 0.264 e. The number of fused-ring (bicyclic) bond motifs is 3. The molecule has 5 aromatic rings. The number of hydrogen-bond donors (Lipinski definition) is 2. The summed E-state index contributed by atoms with van der Waals surface area (Å²) in [4.78, 5) is 24.9. The van der Waals surface area contributed by atoms with Crippen molar-refractivity contribution in [1.82, 2.24) is 25.1 Å². The lowest BCUT2D eigenvalue weighted by atomic mass is 10.0. The largest absolute Gasteiger partial charge is 0.325 e. The van der Waals surface area contributed by atoms with Crippen LogP contribution in [0.25, 0.3) is 33.3 Å². The predicted molar refractivity (Wildman–Crippen MR) is 140 cm³/mol. The molecule has 0 bridgehead atoms. The molecule has 0 unspecified atom stereocenters. The van der Waals surface area contributed by atoms with Crippen molar-refractivity contribution in [2.45, 2.75) is 10.1 Å². The quantitative estimate of drug-likeness (QED) is 0.295. The number of hydrogen-bond acceptors (Lipinski definition) is 9. The van der Waals surface area contributed by atoms with Gasteiger partial charge in [0.1, 0.15) is 11.4 Å². The first-order chi connectivity index (χ1) is 18.0. The zero-order valence-electron chi connectivity index (χ0n) is 19.0. The molecule has 0 radical (unpaired) electrons. The van der Waals surface area contributed by atoms with E-state index in [9.17, 15) is 13.2 Å². The standard InChI is InChI=1S/C25H17N7O3S2/c33-20(28-16-8-10-17(11-9-16)37(34,35)32-24-26-12-3-13-27-24)14-36-25-29-22-18-6-1-4-15-5-2-7-19(21(15)18)23(22)30-31-25/h1-13H,14H2,(H,28,33)(H,26,27,32). The average molecular weight is 528 g/mol. The van der Waals surface area contributed by atoms with Gasteiger partial charge in [0.25, 0.3) is 10.0 Å². The number of sulfonamides is 1. The number of thioether (sulfide) groups is 1. The van der Waals surface area contributed by atoms with Crippen LogP contribution in [0.15, 0.2) is 89.2 Å². The first-order valence-corrected chi connectivity index (χ1v) is 13.5. The molecule has 182 valence electrons. The Bertz CT molecular complexity index is 1760. The van der Waals surface area contributed by atoms with Crippen LogP contribution in [0.1, 0.15) is 0 Å². The average Bonchev–Trinajstić information content (AvgIpc) is 3.23. The maximum absolute atomic E-state index is 12.5. The summed E-state index contributed by atoms with van der Waals surface area (Å²) in [5, 5.41) is 14.0. The Morgan fingerprint density at radius 3 is 2.27 bits per heavy atom. The number of carbonyl (C=O) groups is 1. The van der Waals surface area contributed by atoms with Gasteiger partial charge in [0.2, 0.25) is 17.0 Å². The second kappa shape index (κ2) is 9.22. The molecule has 2 N–H and O–H groups in total. The Morgan fingerprint density at radius 2 is 1.54 bits per heavy atom. The van der Waals surface area contributed by atoms with E-state index < -0.39 is 10.0 Å². The van der Waals surface area contributed by atoms with Gasteiger partial charge in [-0.25, -0.2) is 28.1 Å². The second-order valence-corrected chi connectivity index (χ2v) is 10.7. The van der Waals surface area contributed by atoms with E-state index >= 15 is 0 Å². The SMILES string of the molecule is O=C(CSc1nnc2c(n1)-c1cccc3cccc-2c13)Nc1ccc(S(=O)(=O)Nc2ncccn2)cc1.